The maximum Gasteiger partial charge on any atom is 0.320 e. The van der Waals surface area contributed by atoms with E-state index in [2.05, 4.69) is 35.1 Å². The van der Waals surface area contributed by atoms with E-state index in [9.17, 15) is 38.4 Å². The van der Waals surface area contributed by atoms with Crippen LogP contribution >= 0.6 is 33.5 Å². The predicted molar refractivity (Wildman–Crippen MR) is 363 cm³/mol. The van der Waals surface area contributed by atoms with Crippen molar-refractivity contribution in [2.24, 2.45) is 0 Å². The van der Waals surface area contributed by atoms with Crippen LogP contribution in [0.15, 0.2) is 0 Å². The van der Waals surface area contributed by atoms with Crippen LogP contribution in [0.1, 0.15) is 156 Å². The summed E-state index contributed by atoms with van der Waals surface area (Å²) >= 11 is 0. The van der Waals surface area contributed by atoms with Crippen LogP contribution in [0.3, 0.4) is 0 Å². The molecule has 0 aromatic carbocycles. The molecule has 0 aromatic rings. The lowest BCUT2D eigenvalue weighted by atomic mass is 10.2. The van der Waals surface area contributed by atoms with Gasteiger partial charge in [-0.15, -0.1) is 0 Å². The number of hydrogen-bond donors (Lipinski definition) is 6. The Morgan fingerprint density at radius 2 is 0.729 bits per heavy atom. The Morgan fingerprint density at radius 3 is 1.00 bits per heavy atom. The van der Waals surface area contributed by atoms with Gasteiger partial charge in [0.25, 0.3) is 0 Å². The number of aliphatic carboxylic acids is 2. The molecule has 30 nitrogen and oxygen atoms in total. The molecule has 10 unspecified atom stereocenters. The molecular weight excluding hydrogens is 1330 g/mol. The summed E-state index contributed by atoms with van der Waals surface area (Å²) in [5, 5.41) is 61.5. The molecule has 0 spiro atoms. The quantitative estimate of drug-likeness (QED) is 0.0164. The third-order valence-electron chi connectivity index (χ3n) is 15.4. The van der Waals surface area contributed by atoms with Gasteiger partial charge in [-0.25, -0.2) is 0 Å². The van der Waals surface area contributed by atoms with Crippen LogP contribution in [0.2, 0.25) is 0 Å². The number of likely N-dealkylation sites (N-methyl/N-ethyl adjacent to an activating group) is 2. The molecule has 6 amide bonds. The minimum absolute atomic E-state index is 0.0926. The van der Waals surface area contributed by atoms with Crippen LogP contribution < -0.4 is 21.3 Å². The molecule has 0 aliphatic carbocycles. The molecule has 10 atom stereocenters. The molecule has 6 fully saturated rings. The van der Waals surface area contributed by atoms with Crippen LogP contribution in [0, 0.1) is 45.3 Å². The molecule has 0 bridgehead atoms. The van der Waals surface area contributed by atoms with Gasteiger partial charge in [-0.3, -0.25) is 38.4 Å². The molecule has 6 aliphatic rings. The predicted octanol–water partition coefficient (Wildman–Crippen LogP) is 6.98. The van der Waals surface area contributed by atoms with Gasteiger partial charge in [-0.1, -0.05) is 13.8 Å². The largest absolute Gasteiger partial charge is 0.480 e. The number of hydrogen-bond acceptors (Lipinski definition) is 22. The first-order valence-electron chi connectivity index (χ1n) is 33.3. The van der Waals surface area contributed by atoms with Gasteiger partial charge >= 0.3 is 11.9 Å². The van der Waals surface area contributed by atoms with Gasteiger partial charge in [0.2, 0.25) is 35.4 Å². The summed E-state index contributed by atoms with van der Waals surface area (Å²) in [7, 11) is -4.29. The molecule has 0 radical (unpaired) electrons. The maximum atomic E-state index is 12.1. The molecule has 96 heavy (non-hydrogen) atoms. The molecule has 544 valence electrons. The molecule has 6 rings (SSSR count). The molecule has 6 heterocycles. The molecule has 0 saturated carbocycles. The number of amides is 6. The van der Waals surface area contributed by atoms with E-state index in [1.165, 1.54) is 0 Å². The molecule has 6 N–H and O–H groups in total. The molecule has 6 saturated heterocycles. The van der Waals surface area contributed by atoms with Crippen molar-refractivity contribution < 1.29 is 84.8 Å². The van der Waals surface area contributed by atoms with Crippen molar-refractivity contribution in [3.8, 4) is 24.3 Å². The second kappa shape index (κ2) is 55.9. The second-order valence-corrected chi connectivity index (χ2v) is 27.9. The minimum Gasteiger partial charge on any atom is -0.480 e. The normalized spacial score (nSPS) is 21.1. The van der Waals surface area contributed by atoms with Gasteiger partial charge in [0, 0.05) is 78.0 Å². The zero-order chi connectivity index (χ0) is 71.5. The number of likely N-dealkylation sites (tertiary alicyclic amines) is 4. The fourth-order valence-electron chi connectivity index (χ4n) is 10.5. The summed E-state index contributed by atoms with van der Waals surface area (Å²) in [6.45, 7) is 22.9. The smallest absolute Gasteiger partial charge is 0.320 e. The average molecular weight is 1440 g/mol. The van der Waals surface area contributed by atoms with E-state index in [-0.39, 0.29) is 72.8 Å². The van der Waals surface area contributed by atoms with Gasteiger partial charge in [0.15, 0.2) is 33.5 Å². The summed E-state index contributed by atoms with van der Waals surface area (Å²) in [5.41, 5.74) is 0. The Kier molecular flexibility index (Phi) is 51.8. The molecule has 0 aromatic heterocycles. The van der Waals surface area contributed by atoms with Crippen LogP contribution in [-0.4, -0.2) is 245 Å². The monoisotopic (exact) mass is 1440 g/mol. The topological polar surface area (TPSA) is 407 Å². The van der Waals surface area contributed by atoms with Crippen molar-refractivity contribution in [3.05, 3.63) is 0 Å². The summed E-state index contributed by atoms with van der Waals surface area (Å²) in [5.74, 6) is -1.66. The highest BCUT2D eigenvalue weighted by Crippen LogP contribution is 2.36. The van der Waals surface area contributed by atoms with E-state index in [0.717, 1.165) is 103 Å². The number of carboxylic acid groups (broad SMARTS) is 2. The van der Waals surface area contributed by atoms with Crippen molar-refractivity contribution in [2.45, 2.75) is 192 Å². The van der Waals surface area contributed by atoms with Gasteiger partial charge in [-0.2, -0.15) is 21.0 Å². The van der Waals surface area contributed by atoms with E-state index in [1.54, 1.807) is 23.1 Å². The standard InChI is InChI=1S/2C13H22N3O4P.2C13H23N2O3P.2C5H9NO2/c2*1-3-15-13(18)11-6-4-8-16(11)12(17)10-20-21(2)19-9-5-7-14;2*1-3-12-6-4-9-15(12)13(16)7-11-18-19(2)17-10-5-8-14;2*7-5(8)4-2-1-3-6-4/h2*11H,3-6,8-10H2,1-2H3,(H,15,18);2*12H,3-7,9-11H2,1-2H3;2*4,6H,1-3H2,(H,7,8)/i16+1;13+1;15+1;3+1;6+1;5+1. The Hall–Kier alpha value is -4.96. The van der Waals surface area contributed by atoms with E-state index < -0.39 is 45.4 Å². The third kappa shape index (κ3) is 39.0. The highest BCUT2D eigenvalue weighted by molar-refractivity contribution is 7.47. The first-order valence-corrected chi connectivity index (χ1v) is 39.8. The Balaban J connectivity index is 0.000000593. The summed E-state index contributed by atoms with van der Waals surface area (Å²) in [6.07, 6.45) is 15.3. The van der Waals surface area contributed by atoms with Crippen molar-refractivity contribution in [1.82, 2.24) is 40.9 Å². The fourth-order valence-corrected chi connectivity index (χ4v) is 13.5. The van der Waals surface area contributed by atoms with E-state index in [0.29, 0.717) is 129 Å². The van der Waals surface area contributed by atoms with Crippen LogP contribution in [-0.2, 0) is 74.5 Å². The minimum atomic E-state index is -1.17. The first kappa shape index (κ1) is 89.1. The van der Waals surface area contributed by atoms with Crippen molar-refractivity contribution in [3.63, 3.8) is 0 Å². The number of rotatable bonds is 34. The van der Waals surface area contributed by atoms with Gasteiger partial charge in [-0.05, 0) is 117 Å². The van der Waals surface area contributed by atoms with E-state index in [4.69, 9.17) is 67.5 Å². The lowest BCUT2D eigenvalue weighted by Crippen LogP contribution is -2.46. The van der Waals surface area contributed by atoms with E-state index in [1.807, 2.05) is 61.3 Å². The average Bonchev–Trinajstić information content (AvgIpc) is 1.74. The summed E-state index contributed by atoms with van der Waals surface area (Å²) in [6, 6.07) is 7.51. The third-order valence-corrected chi connectivity index (χ3v) is 19.6. The number of nitrogens with zero attached hydrogens (tertiary/aromatic N) is 8. The van der Waals surface area contributed by atoms with Crippen molar-refractivity contribution >= 4 is 80.9 Å². The SMILES string of the molecule is CCC1CCC[15N]1C(=O)CCOP(C)OCCC#N.CCNC(=O)C1CCC[15N]1C(=O)COP(C)OCCC#N.CCN[13C](=O)C1CCCN1C(=O)COP(C)OCCC#N.C[13CH2]C1CCCN1C(=O)CCOP(C)OCCC#N.O=C(O)C1CCC[15NH]1.O=[13C](O)C1CCCN1. The number of carbonyl (C=O) groups excluding carboxylic acids is 6. The molecule has 6 aliphatic heterocycles. The first-order chi connectivity index (χ1) is 46.2. The summed E-state index contributed by atoms with van der Waals surface area (Å²) < 4.78 is 42.9. The van der Waals surface area contributed by atoms with Crippen LogP contribution in [0.5, 0.6) is 0 Å². The summed E-state index contributed by atoms with van der Waals surface area (Å²) in [4.78, 5) is 99.4. The highest BCUT2D eigenvalue weighted by Gasteiger charge is 2.36. The lowest BCUT2D eigenvalue weighted by molar-refractivity contribution is -0.140. The van der Waals surface area contributed by atoms with Gasteiger partial charge < -0.3 is 87.3 Å². The highest BCUT2D eigenvalue weighted by atomic mass is 31.2. The molecule has 34 heteroatoms. The number of carboxylic acids is 2. The fraction of sp³-hybridized carbons (Fsp3) is 0.806. The van der Waals surface area contributed by atoms with Crippen LogP contribution in [0.25, 0.3) is 0 Å². The van der Waals surface area contributed by atoms with Gasteiger partial charge in [0.1, 0.15) is 37.4 Å². The zero-order valence-corrected chi connectivity index (χ0v) is 61.3. The number of carbonyl (C=O) groups is 8. The number of nitriles is 4. The van der Waals surface area contributed by atoms with Crippen LogP contribution in [0.4, 0.5) is 0 Å². The van der Waals surface area contributed by atoms with Crippen molar-refractivity contribution in [2.75, 3.05) is 132 Å². The maximum absolute atomic E-state index is 12.1. The second-order valence-electron chi connectivity index (χ2n) is 22.3. The molecular formula is C62H108N12O18P4. The zero-order valence-electron chi connectivity index (χ0n) is 57.7. The van der Waals surface area contributed by atoms with Gasteiger partial charge in [0.05, 0.1) is 102 Å². The van der Waals surface area contributed by atoms with E-state index >= 15 is 0 Å². The number of nitrogens with one attached hydrogen (secondary N) is 4. The Labute approximate surface area is 573 Å². The van der Waals surface area contributed by atoms with Crippen molar-refractivity contribution in [1.29, 1.82) is 21.0 Å². The Bertz CT molecular complexity index is 2270. The lowest BCUT2D eigenvalue weighted by Gasteiger charge is -2.24. The Morgan fingerprint density at radius 1 is 0.427 bits per heavy atom.